The molecular weight excluding hydrogens is 323 g/mol. The second-order valence-electron chi connectivity index (χ2n) is 5.13. The van der Waals surface area contributed by atoms with E-state index >= 15 is 0 Å². The minimum Gasteiger partial charge on any atom is -0.374 e. The molecule has 0 bridgehead atoms. The van der Waals surface area contributed by atoms with Gasteiger partial charge in [0.25, 0.3) is 0 Å². The van der Waals surface area contributed by atoms with Crippen molar-refractivity contribution < 1.29 is 9.53 Å². The third kappa shape index (κ3) is 2.84. The molecular formula is C13H14Cl2O2S2. The predicted molar refractivity (Wildman–Crippen MR) is 82.0 cm³/mol. The summed E-state index contributed by atoms with van der Waals surface area (Å²) in [5.74, 6) is 2.30. The van der Waals surface area contributed by atoms with Gasteiger partial charge in [-0.25, -0.2) is 0 Å². The average molecular weight is 337 g/mol. The number of halogens is 2. The van der Waals surface area contributed by atoms with E-state index in [-0.39, 0.29) is 17.3 Å². The van der Waals surface area contributed by atoms with Gasteiger partial charge in [0.2, 0.25) is 0 Å². The highest BCUT2D eigenvalue weighted by atomic mass is 35.5. The molecule has 0 radical (unpaired) electrons. The molecule has 2 aliphatic heterocycles. The molecule has 3 rings (SSSR count). The molecule has 0 saturated carbocycles. The van der Waals surface area contributed by atoms with Crippen LogP contribution in [0, 0.1) is 5.92 Å². The van der Waals surface area contributed by atoms with E-state index in [9.17, 15) is 4.79 Å². The van der Waals surface area contributed by atoms with Crippen molar-refractivity contribution in [2.24, 2.45) is 5.92 Å². The highest BCUT2D eigenvalue weighted by Crippen LogP contribution is 2.42. The largest absolute Gasteiger partial charge is 0.374 e. The lowest BCUT2D eigenvalue weighted by Crippen LogP contribution is -2.42. The number of ketones is 1. The highest BCUT2D eigenvalue weighted by molar-refractivity contribution is 7.99. The Morgan fingerprint density at radius 3 is 2.95 bits per heavy atom. The fourth-order valence-electron chi connectivity index (χ4n) is 2.84. The monoisotopic (exact) mass is 336 g/mol. The standard InChI is InChI=1S/C13H14Cl2O2S2/c14-10-5-9(12(15)19-10)11(16)8-1-3-17-13(6-8)2-4-18-7-13/h5,8H,1-4,6-7H2. The Morgan fingerprint density at radius 1 is 1.47 bits per heavy atom. The Hall–Kier alpha value is 0.260. The fraction of sp³-hybridized carbons (Fsp3) is 0.615. The summed E-state index contributed by atoms with van der Waals surface area (Å²) in [6.45, 7) is 0.673. The van der Waals surface area contributed by atoms with Crippen molar-refractivity contribution in [1.29, 1.82) is 0 Å². The van der Waals surface area contributed by atoms with Crippen LogP contribution in [0.4, 0.5) is 0 Å². The summed E-state index contributed by atoms with van der Waals surface area (Å²) >= 11 is 15.2. The molecule has 0 amide bonds. The quantitative estimate of drug-likeness (QED) is 0.741. The predicted octanol–water partition coefficient (Wildman–Crippen LogP) is 4.54. The van der Waals surface area contributed by atoms with Crippen LogP contribution in [0.3, 0.4) is 0 Å². The maximum atomic E-state index is 12.6. The second kappa shape index (κ2) is 5.57. The van der Waals surface area contributed by atoms with Gasteiger partial charge in [-0.1, -0.05) is 23.2 Å². The molecule has 2 fully saturated rings. The van der Waals surface area contributed by atoms with Crippen LogP contribution in [0.15, 0.2) is 6.07 Å². The van der Waals surface area contributed by atoms with Gasteiger partial charge in [-0.15, -0.1) is 11.3 Å². The Kier molecular flexibility index (Phi) is 4.16. The van der Waals surface area contributed by atoms with Crippen molar-refractivity contribution in [2.75, 3.05) is 18.1 Å². The first-order valence-corrected chi connectivity index (χ1v) is 9.03. The van der Waals surface area contributed by atoms with Gasteiger partial charge in [0.1, 0.15) is 4.34 Å². The number of thiophene rings is 1. The minimum absolute atomic E-state index is 0.0237. The molecule has 2 aliphatic rings. The number of rotatable bonds is 2. The molecule has 0 aromatic carbocycles. The summed E-state index contributed by atoms with van der Waals surface area (Å²) in [7, 11) is 0. The topological polar surface area (TPSA) is 26.3 Å². The third-order valence-corrected chi connectivity index (χ3v) is 6.56. The molecule has 6 heteroatoms. The van der Waals surface area contributed by atoms with Crippen molar-refractivity contribution in [3.8, 4) is 0 Å². The van der Waals surface area contributed by atoms with Crippen LogP contribution in [0.2, 0.25) is 8.67 Å². The lowest BCUT2D eigenvalue weighted by Gasteiger charge is -2.37. The van der Waals surface area contributed by atoms with E-state index in [2.05, 4.69) is 0 Å². The van der Waals surface area contributed by atoms with Gasteiger partial charge in [0.15, 0.2) is 5.78 Å². The summed E-state index contributed by atoms with van der Waals surface area (Å²) in [5.41, 5.74) is 0.514. The molecule has 2 saturated heterocycles. The maximum absolute atomic E-state index is 12.6. The van der Waals surface area contributed by atoms with Crippen molar-refractivity contribution in [2.45, 2.75) is 24.9 Å². The number of carbonyl (C=O) groups excluding carboxylic acids is 1. The Labute approximate surface area is 130 Å². The lowest BCUT2D eigenvalue weighted by atomic mass is 9.82. The molecule has 1 spiro atoms. The first-order chi connectivity index (χ1) is 9.10. The zero-order valence-electron chi connectivity index (χ0n) is 10.3. The fourth-order valence-corrected chi connectivity index (χ4v) is 5.69. The normalized spacial score (nSPS) is 30.9. The van der Waals surface area contributed by atoms with Crippen LogP contribution >= 0.6 is 46.3 Å². The van der Waals surface area contributed by atoms with Crippen molar-refractivity contribution in [1.82, 2.24) is 0 Å². The van der Waals surface area contributed by atoms with Crippen LogP contribution in [0.25, 0.3) is 0 Å². The molecule has 2 atom stereocenters. The number of Topliss-reactive ketones (excluding diaryl/α,β-unsaturated/α-hetero) is 1. The summed E-state index contributed by atoms with van der Waals surface area (Å²) in [6.07, 6.45) is 2.66. The van der Waals surface area contributed by atoms with Crippen molar-refractivity contribution in [3.63, 3.8) is 0 Å². The molecule has 1 aromatic heterocycles. The lowest BCUT2D eigenvalue weighted by molar-refractivity contribution is -0.0734. The van der Waals surface area contributed by atoms with Crippen LogP contribution < -0.4 is 0 Å². The molecule has 0 N–H and O–H groups in total. The van der Waals surface area contributed by atoms with Crippen LogP contribution in [-0.4, -0.2) is 29.5 Å². The number of thioether (sulfide) groups is 1. The van der Waals surface area contributed by atoms with Crippen molar-refractivity contribution >= 4 is 52.1 Å². The molecule has 1 aromatic rings. The first kappa shape index (κ1) is 14.2. The number of hydrogen-bond donors (Lipinski definition) is 0. The van der Waals surface area contributed by atoms with E-state index in [0.717, 1.165) is 30.8 Å². The molecule has 0 aliphatic carbocycles. The Morgan fingerprint density at radius 2 is 2.32 bits per heavy atom. The van der Waals surface area contributed by atoms with E-state index in [1.54, 1.807) is 6.07 Å². The van der Waals surface area contributed by atoms with Gasteiger partial charge in [0, 0.05) is 23.8 Å². The number of ether oxygens (including phenoxy) is 1. The van der Waals surface area contributed by atoms with E-state index in [1.807, 2.05) is 11.8 Å². The van der Waals surface area contributed by atoms with E-state index < -0.39 is 0 Å². The van der Waals surface area contributed by atoms with Crippen LogP contribution in [0.5, 0.6) is 0 Å². The molecule has 2 unspecified atom stereocenters. The summed E-state index contributed by atoms with van der Waals surface area (Å²) in [5, 5.41) is 0. The first-order valence-electron chi connectivity index (χ1n) is 6.30. The molecule has 19 heavy (non-hydrogen) atoms. The SMILES string of the molecule is O=C(c1cc(Cl)sc1Cl)C1CCOC2(CCSC2)C1. The van der Waals surface area contributed by atoms with Gasteiger partial charge < -0.3 is 4.74 Å². The summed E-state index contributed by atoms with van der Waals surface area (Å²) in [4.78, 5) is 12.6. The van der Waals surface area contributed by atoms with E-state index in [0.29, 0.717) is 20.8 Å². The van der Waals surface area contributed by atoms with Crippen molar-refractivity contribution in [3.05, 3.63) is 20.3 Å². The zero-order valence-corrected chi connectivity index (χ0v) is 13.4. The van der Waals surface area contributed by atoms with Crippen LogP contribution in [-0.2, 0) is 4.74 Å². The van der Waals surface area contributed by atoms with Gasteiger partial charge in [0.05, 0.1) is 9.94 Å². The highest BCUT2D eigenvalue weighted by Gasteiger charge is 2.42. The average Bonchev–Trinajstić information content (AvgIpc) is 2.96. The molecule has 3 heterocycles. The van der Waals surface area contributed by atoms with Crippen LogP contribution in [0.1, 0.15) is 29.6 Å². The molecule has 2 nitrogen and oxygen atoms in total. The number of carbonyl (C=O) groups is 1. The van der Waals surface area contributed by atoms with Gasteiger partial charge in [-0.3, -0.25) is 4.79 Å². The third-order valence-electron chi connectivity index (χ3n) is 3.85. The summed E-state index contributed by atoms with van der Waals surface area (Å²) in [6, 6.07) is 1.70. The summed E-state index contributed by atoms with van der Waals surface area (Å²) < 4.78 is 7.03. The Bertz CT molecular complexity index is 495. The molecule has 104 valence electrons. The maximum Gasteiger partial charge on any atom is 0.168 e. The second-order valence-corrected chi connectivity index (χ2v) is 8.52. The van der Waals surface area contributed by atoms with Gasteiger partial charge in [-0.05, 0) is 31.1 Å². The van der Waals surface area contributed by atoms with Gasteiger partial charge >= 0.3 is 0 Å². The van der Waals surface area contributed by atoms with Gasteiger partial charge in [-0.2, -0.15) is 11.8 Å². The zero-order chi connectivity index (χ0) is 13.5. The Balaban J connectivity index is 1.78. The van der Waals surface area contributed by atoms with E-state index in [1.165, 1.54) is 11.3 Å². The minimum atomic E-state index is -0.0739. The number of hydrogen-bond acceptors (Lipinski definition) is 4. The smallest absolute Gasteiger partial charge is 0.168 e. The van der Waals surface area contributed by atoms with E-state index in [4.69, 9.17) is 27.9 Å².